The summed E-state index contributed by atoms with van der Waals surface area (Å²) in [5.41, 5.74) is 13.1. The number of para-hydroxylation sites is 1. The minimum absolute atomic E-state index is 0.0755. The van der Waals surface area contributed by atoms with Crippen LogP contribution in [0.3, 0.4) is 0 Å². The quantitative estimate of drug-likeness (QED) is 0.276. The van der Waals surface area contributed by atoms with Crippen molar-refractivity contribution < 1.29 is 0 Å². The molecule has 3 aromatic rings. The van der Waals surface area contributed by atoms with Crippen molar-refractivity contribution in [2.45, 2.75) is 61.8 Å². The Morgan fingerprint density at radius 2 is 1.52 bits per heavy atom. The van der Waals surface area contributed by atoms with E-state index in [0.717, 1.165) is 23.2 Å². The summed E-state index contributed by atoms with van der Waals surface area (Å²) in [6.07, 6.45) is 13.7. The van der Waals surface area contributed by atoms with Crippen molar-refractivity contribution in [3.05, 3.63) is 118 Å². The molecule has 0 spiro atoms. The maximum absolute atomic E-state index is 4.46. The number of benzene rings is 1. The van der Waals surface area contributed by atoms with Crippen molar-refractivity contribution in [3.63, 3.8) is 0 Å². The van der Waals surface area contributed by atoms with E-state index in [1.54, 1.807) is 0 Å². The fourth-order valence-corrected chi connectivity index (χ4v) is 6.48. The van der Waals surface area contributed by atoms with Crippen LogP contribution in [0.15, 0.2) is 84.5 Å². The maximum Gasteiger partial charge on any atom is 0.0534 e. The van der Waals surface area contributed by atoms with Crippen molar-refractivity contribution >= 4 is 47.1 Å². The summed E-state index contributed by atoms with van der Waals surface area (Å²) in [6.45, 7) is 34.5. The van der Waals surface area contributed by atoms with Gasteiger partial charge in [-0.25, -0.2) is 0 Å². The number of hydrogen-bond acceptors (Lipinski definition) is 0. The predicted octanol–water partition coefficient (Wildman–Crippen LogP) is 9.21. The van der Waals surface area contributed by atoms with Gasteiger partial charge < -0.3 is 9.13 Å². The van der Waals surface area contributed by atoms with E-state index in [0.29, 0.717) is 0 Å². The number of rotatable bonds is 8. The molecule has 2 aromatic heterocycles. The van der Waals surface area contributed by atoms with Crippen LogP contribution in [0.1, 0.15) is 70.5 Å². The second-order valence-electron chi connectivity index (χ2n) is 11.3. The minimum Gasteiger partial charge on any atom is -0.317 e. The van der Waals surface area contributed by atoms with Crippen molar-refractivity contribution in [3.8, 4) is 0 Å². The van der Waals surface area contributed by atoms with Gasteiger partial charge in [0.1, 0.15) is 0 Å². The predicted molar refractivity (Wildman–Crippen MR) is 179 cm³/mol. The zero-order valence-corrected chi connectivity index (χ0v) is 25.7. The molecule has 0 aliphatic heterocycles. The highest BCUT2D eigenvalue weighted by molar-refractivity contribution is 5.96. The standard InChI is InChI=1S/C38H44N2/c1-13-19-31-26(7)36(16-4)39(28(31)9)25(6)23-34-29(10)40(37-21-18-17-20-32(34)37)24(5)22-33-27(8)38(11,12)35(15-3)30(33)14-2/h14-23H,2-4,9,13H2,1,5-8,10-12H3/b24-22+,25-23+,31-19-. The van der Waals surface area contributed by atoms with Gasteiger partial charge in [-0.1, -0.05) is 89.1 Å². The topological polar surface area (TPSA) is 9.86 Å². The Balaban J connectivity index is 1.97. The van der Waals surface area contributed by atoms with Gasteiger partial charge in [0.25, 0.3) is 0 Å². The van der Waals surface area contributed by atoms with Crippen molar-refractivity contribution in [2.75, 3.05) is 0 Å². The molecule has 2 heterocycles. The molecule has 0 saturated heterocycles. The van der Waals surface area contributed by atoms with E-state index in [-0.39, 0.29) is 5.41 Å². The largest absolute Gasteiger partial charge is 0.317 e. The average Bonchev–Trinajstić information content (AvgIpc) is 3.41. The van der Waals surface area contributed by atoms with Gasteiger partial charge >= 0.3 is 0 Å². The number of aromatic nitrogens is 2. The summed E-state index contributed by atoms with van der Waals surface area (Å²) < 4.78 is 4.62. The highest BCUT2D eigenvalue weighted by Gasteiger charge is 2.34. The molecule has 0 radical (unpaired) electrons. The first-order valence-corrected chi connectivity index (χ1v) is 14.2. The van der Waals surface area contributed by atoms with E-state index in [1.807, 2.05) is 18.2 Å². The summed E-state index contributed by atoms with van der Waals surface area (Å²) in [5, 5.41) is 3.44. The molecule has 0 saturated carbocycles. The fraction of sp³-hybridized carbons (Fsp3) is 0.263. The second-order valence-corrected chi connectivity index (χ2v) is 11.3. The van der Waals surface area contributed by atoms with Crippen LogP contribution in [-0.2, 0) is 0 Å². The Labute approximate surface area is 240 Å². The molecule has 1 aliphatic rings. The maximum atomic E-state index is 4.46. The molecular formula is C38H44N2. The van der Waals surface area contributed by atoms with Crippen LogP contribution in [0.4, 0.5) is 0 Å². The summed E-state index contributed by atoms with van der Waals surface area (Å²) in [5.74, 6) is 0. The molecule has 4 rings (SSSR count). The van der Waals surface area contributed by atoms with Crippen LogP contribution in [0, 0.1) is 19.3 Å². The van der Waals surface area contributed by atoms with E-state index < -0.39 is 0 Å². The Bertz CT molecular complexity index is 1800. The summed E-state index contributed by atoms with van der Waals surface area (Å²) in [6, 6.07) is 8.67. The third kappa shape index (κ3) is 4.36. The summed E-state index contributed by atoms with van der Waals surface area (Å²) in [7, 11) is 0. The monoisotopic (exact) mass is 528 g/mol. The Morgan fingerprint density at radius 1 is 0.875 bits per heavy atom. The fourth-order valence-electron chi connectivity index (χ4n) is 6.48. The minimum atomic E-state index is -0.0755. The van der Waals surface area contributed by atoms with Crippen LogP contribution < -0.4 is 10.6 Å². The lowest BCUT2D eigenvalue weighted by molar-refractivity contribution is 0.562. The molecule has 206 valence electrons. The van der Waals surface area contributed by atoms with Crippen molar-refractivity contribution in [1.29, 1.82) is 0 Å². The Kier molecular flexibility index (Phi) is 7.85. The van der Waals surface area contributed by atoms with E-state index in [1.165, 1.54) is 60.9 Å². The van der Waals surface area contributed by atoms with E-state index in [9.17, 15) is 0 Å². The average molecular weight is 529 g/mol. The lowest BCUT2D eigenvalue weighted by Gasteiger charge is -2.23. The molecule has 0 bridgehead atoms. The highest BCUT2D eigenvalue weighted by Crippen LogP contribution is 2.48. The number of hydrogen-bond donors (Lipinski definition) is 0. The molecule has 0 atom stereocenters. The SMILES string of the molecule is C=CC1=C(C=C)C(C)(C)C(C)=C1/C=C(\C)n1c(C)c(/C=C(\C)n2c(C=C)c(C)/c(=C/CC)c2=C)c2ccccc21. The molecule has 0 fully saturated rings. The first kappa shape index (κ1) is 29.0. The van der Waals surface area contributed by atoms with Gasteiger partial charge in [-0.15, -0.1) is 0 Å². The van der Waals surface area contributed by atoms with Gasteiger partial charge in [0.15, 0.2) is 0 Å². The number of allylic oxidation sites excluding steroid dienone is 9. The molecule has 40 heavy (non-hydrogen) atoms. The molecule has 1 aromatic carbocycles. The zero-order chi connectivity index (χ0) is 29.5. The van der Waals surface area contributed by atoms with E-state index in [2.05, 4.69) is 133 Å². The molecule has 2 nitrogen and oxygen atoms in total. The van der Waals surface area contributed by atoms with Gasteiger partial charge in [-0.2, -0.15) is 0 Å². The second kappa shape index (κ2) is 10.8. The lowest BCUT2D eigenvalue weighted by Crippen LogP contribution is -2.27. The number of nitrogens with zero attached hydrogens (tertiary/aromatic N) is 2. The van der Waals surface area contributed by atoms with Gasteiger partial charge in [0, 0.05) is 44.5 Å². The van der Waals surface area contributed by atoms with Crippen LogP contribution in [0.25, 0.3) is 47.1 Å². The van der Waals surface area contributed by atoms with Gasteiger partial charge in [-0.3, -0.25) is 0 Å². The molecule has 0 unspecified atom stereocenters. The van der Waals surface area contributed by atoms with E-state index in [4.69, 9.17) is 0 Å². The first-order chi connectivity index (χ1) is 19.0. The van der Waals surface area contributed by atoms with Crippen molar-refractivity contribution in [2.24, 2.45) is 5.41 Å². The van der Waals surface area contributed by atoms with Gasteiger partial charge in [-0.05, 0) is 92.8 Å². The van der Waals surface area contributed by atoms with Crippen molar-refractivity contribution in [1.82, 2.24) is 9.13 Å². The third-order valence-corrected chi connectivity index (χ3v) is 8.79. The van der Waals surface area contributed by atoms with Gasteiger partial charge in [0.2, 0.25) is 0 Å². The Hall–Kier alpha value is -4.04. The van der Waals surface area contributed by atoms with Gasteiger partial charge in [0.05, 0.1) is 5.52 Å². The molecule has 0 amide bonds. The summed E-state index contributed by atoms with van der Waals surface area (Å²) >= 11 is 0. The zero-order valence-electron chi connectivity index (χ0n) is 25.7. The van der Waals surface area contributed by atoms with Crippen LogP contribution in [-0.4, -0.2) is 9.13 Å². The van der Waals surface area contributed by atoms with Crippen LogP contribution in [0.5, 0.6) is 0 Å². The molecule has 0 N–H and O–H groups in total. The number of fused-ring (bicyclic) bond motifs is 1. The highest BCUT2D eigenvalue weighted by atomic mass is 15.0. The van der Waals surface area contributed by atoms with E-state index >= 15 is 0 Å². The first-order valence-electron chi connectivity index (χ1n) is 14.2. The van der Waals surface area contributed by atoms with Crippen LogP contribution in [0.2, 0.25) is 0 Å². The lowest BCUT2D eigenvalue weighted by atomic mass is 9.81. The molecular weight excluding hydrogens is 484 g/mol. The normalized spacial score (nSPS) is 16.4. The van der Waals surface area contributed by atoms with Crippen LogP contribution >= 0.6 is 0 Å². The molecule has 2 heteroatoms. The smallest absolute Gasteiger partial charge is 0.0534 e. The Morgan fingerprint density at radius 3 is 2.12 bits per heavy atom. The summed E-state index contributed by atoms with van der Waals surface area (Å²) in [4.78, 5) is 0. The third-order valence-electron chi connectivity index (χ3n) is 8.79. The molecule has 1 aliphatic carbocycles.